The molecule has 3 fully saturated rings. The maximum atomic E-state index is 14.4. The Labute approximate surface area is 300 Å². The molecule has 11 nitrogen and oxygen atoms in total. The molecule has 0 unspecified atom stereocenters. The largest absolute Gasteiger partial charge is 0.508 e. The summed E-state index contributed by atoms with van der Waals surface area (Å²) in [6, 6.07) is 22.2. The fourth-order valence-electron chi connectivity index (χ4n) is 7.64. The minimum Gasteiger partial charge on any atom is -0.508 e. The molecule has 1 aliphatic carbocycles. The molecule has 51 heavy (non-hydrogen) atoms. The monoisotopic (exact) mass is 692 g/mol. The van der Waals surface area contributed by atoms with Gasteiger partial charge in [0.15, 0.2) is 0 Å². The number of phenols is 1. The van der Waals surface area contributed by atoms with Crippen molar-refractivity contribution >= 4 is 23.8 Å². The van der Waals surface area contributed by atoms with E-state index in [0.29, 0.717) is 11.5 Å². The van der Waals surface area contributed by atoms with Crippen LogP contribution in [0.25, 0.3) is 0 Å². The Morgan fingerprint density at radius 3 is 2.39 bits per heavy atom. The molecule has 3 aromatic carbocycles. The Balaban J connectivity index is 1.28. The van der Waals surface area contributed by atoms with Gasteiger partial charge in [0, 0.05) is 45.2 Å². The van der Waals surface area contributed by atoms with E-state index in [9.17, 15) is 24.3 Å². The smallest absolute Gasteiger partial charge is 0.334 e. The molecule has 1 saturated carbocycles. The number of hydrogen-bond donors (Lipinski definition) is 2. The van der Waals surface area contributed by atoms with Crippen molar-refractivity contribution in [1.82, 2.24) is 30.0 Å². The number of piperazine rings is 1. The predicted octanol–water partition coefficient (Wildman–Crippen LogP) is 4.78. The molecule has 268 valence electrons. The van der Waals surface area contributed by atoms with E-state index >= 15 is 0 Å². The summed E-state index contributed by atoms with van der Waals surface area (Å²) in [5, 5.41) is 16.1. The second kappa shape index (κ2) is 16.2. The Bertz CT molecular complexity index is 1710. The minimum atomic E-state index is -0.900. The number of hydrogen-bond acceptors (Lipinski definition) is 6. The zero-order valence-electron chi connectivity index (χ0n) is 29.3. The Morgan fingerprint density at radius 1 is 0.941 bits per heavy atom. The maximum Gasteiger partial charge on any atom is 0.334 e. The van der Waals surface area contributed by atoms with Gasteiger partial charge in [0.2, 0.25) is 11.8 Å². The lowest BCUT2D eigenvalue weighted by atomic mass is 9.89. The molecular weight excluding hydrogens is 644 g/mol. The highest BCUT2D eigenvalue weighted by atomic mass is 16.3. The number of phenolic OH excluding ortho intramolecular Hbond substituents is 1. The second-order valence-electron chi connectivity index (χ2n) is 13.9. The quantitative estimate of drug-likeness (QED) is 0.280. The van der Waals surface area contributed by atoms with Gasteiger partial charge in [-0.25, -0.2) is 14.8 Å². The average Bonchev–Trinajstić information content (AvgIpc) is 3.14. The number of benzene rings is 3. The first kappa shape index (κ1) is 35.7. The standard InChI is InChI=1S/C40H48N6O5/c1-3-21-44-28-37(48)45-35(23-29-17-19-34(47)20-18-29)39(50)43(27-36(45)46(44)40(51)41-24-30-11-6-4-7-12-30)26-32-15-10-16-33(22-32)38(49)42(2)25-31-13-8-5-9-14-31/h3-4,6-7,10-12,15-20,22,31,35-36,47H,1,5,8-9,13-14,21,23-28H2,2H3,(H,41,51)/t35-,36-/m0/s1. The van der Waals surface area contributed by atoms with Gasteiger partial charge in [-0.15, -0.1) is 6.58 Å². The predicted molar refractivity (Wildman–Crippen MR) is 194 cm³/mol. The molecule has 0 spiro atoms. The summed E-state index contributed by atoms with van der Waals surface area (Å²) in [4.78, 5) is 60.9. The first-order valence-electron chi connectivity index (χ1n) is 17.9. The molecule has 2 aliphatic heterocycles. The highest BCUT2D eigenvalue weighted by Crippen LogP contribution is 2.30. The third-order valence-corrected chi connectivity index (χ3v) is 10.2. The van der Waals surface area contributed by atoms with Gasteiger partial charge in [-0.1, -0.05) is 79.9 Å². The van der Waals surface area contributed by atoms with Crippen LogP contribution in [-0.2, 0) is 29.1 Å². The summed E-state index contributed by atoms with van der Waals surface area (Å²) in [7, 11) is 1.85. The highest BCUT2D eigenvalue weighted by molar-refractivity contribution is 5.94. The van der Waals surface area contributed by atoms with Crippen molar-refractivity contribution in [3.8, 4) is 5.75 Å². The van der Waals surface area contributed by atoms with Gasteiger partial charge in [0.05, 0.1) is 13.1 Å². The van der Waals surface area contributed by atoms with E-state index in [2.05, 4.69) is 11.9 Å². The van der Waals surface area contributed by atoms with Crippen molar-refractivity contribution in [3.63, 3.8) is 0 Å². The number of urea groups is 1. The molecule has 5 amide bonds. The van der Waals surface area contributed by atoms with Crippen molar-refractivity contribution in [2.45, 2.75) is 63.8 Å². The van der Waals surface area contributed by atoms with Crippen molar-refractivity contribution in [2.24, 2.45) is 5.92 Å². The summed E-state index contributed by atoms with van der Waals surface area (Å²) >= 11 is 0. The number of rotatable bonds is 11. The Hall–Kier alpha value is -5.16. The van der Waals surface area contributed by atoms with E-state index in [1.165, 1.54) is 19.3 Å². The van der Waals surface area contributed by atoms with Gasteiger partial charge in [-0.3, -0.25) is 14.4 Å². The number of carbonyl (C=O) groups excluding carboxylic acids is 4. The molecular formula is C40H48N6O5. The van der Waals surface area contributed by atoms with Crippen LogP contribution in [0.4, 0.5) is 4.79 Å². The molecule has 0 radical (unpaired) electrons. The van der Waals surface area contributed by atoms with Crippen LogP contribution in [0.5, 0.6) is 5.75 Å². The number of amides is 5. The second-order valence-corrected chi connectivity index (χ2v) is 13.9. The highest BCUT2D eigenvalue weighted by Gasteiger charge is 2.51. The summed E-state index contributed by atoms with van der Waals surface area (Å²) in [6.45, 7) is 5.29. The molecule has 11 heteroatoms. The fraction of sp³-hybridized carbons (Fsp3) is 0.400. The first-order chi connectivity index (χ1) is 24.7. The molecule has 0 aromatic heterocycles. The van der Waals surface area contributed by atoms with Crippen LogP contribution in [-0.4, -0.2) is 99.0 Å². The van der Waals surface area contributed by atoms with Gasteiger partial charge < -0.3 is 25.1 Å². The van der Waals surface area contributed by atoms with Crippen molar-refractivity contribution in [1.29, 1.82) is 0 Å². The number of nitrogens with one attached hydrogen (secondary N) is 1. The lowest BCUT2D eigenvalue weighted by Crippen LogP contribution is -2.76. The molecule has 3 aromatic rings. The van der Waals surface area contributed by atoms with Crippen LogP contribution in [0.2, 0.25) is 0 Å². The van der Waals surface area contributed by atoms with Crippen LogP contribution in [0.3, 0.4) is 0 Å². The van der Waals surface area contributed by atoms with E-state index in [-0.39, 0.29) is 62.6 Å². The van der Waals surface area contributed by atoms with Crippen LogP contribution in [0.1, 0.15) is 59.2 Å². The zero-order valence-corrected chi connectivity index (χ0v) is 29.3. The molecule has 3 aliphatic rings. The van der Waals surface area contributed by atoms with Crippen LogP contribution in [0, 0.1) is 5.92 Å². The number of carbonyl (C=O) groups is 4. The zero-order chi connectivity index (χ0) is 35.9. The van der Waals surface area contributed by atoms with Crippen LogP contribution < -0.4 is 5.32 Å². The van der Waals surface area contributed by atoms with Gasteiger partial charge in [-0.2, -0.15) is 0 Å². The maximum absolute atomic E-state index is 14.4. The molecule has 2 saturated heterocycles. The Morgan fingerprint density at radius 2 is 1.67 bits per heavy atom. The van der Waals surface area contributed by atoms with Crippen molar-refractivity contribution in [3.05, 3.63) is 114 Å². The Kier molecular flexibility index (Phi) is 11.4. The third kappa shape index (κ3) is 8.42. The van der Waals surface area contributed by atoms with Crippen molar-refractivity contribution in [2.75, 3.05) is 33.2 Å². The summed E-state index contributed by atoms with van der Waals surface area (Å²) in [6.07, 6.45) is 7.02. The molecule has 2 heterocycles. The number of nitrogens with zero attached hydrogens (tertiary/aromatic N) is 5. The number of aromatic hydroxyl groups is 1. The molecule has 6 rings (SSSR count). The lowest BCUT2D eigenvalue weighted by Gasteiger charge is -2.55. The number of hydrazine groups is 1. The van der Waals surface area contributed by atoms with Gasteiger partial charge in [-0.05, 0) is 59.7 Å². The SMILES string of the molecule is C=CCN1CC(=O)N2[C@@H](Cc3ccc(O)cc3)C(=O)N(Cc3cccc(C(=O)N(C)CC4CCCCC4)c3)C[C@@H]2N1C(=O)NCc1ccccc1. The van der Waals surface area contributed by atoms with E-state index in [0.717, 1.165) is 36.1 Å². The van der Waals surface area contributed by atoms with Crippen LogP contribution >= 0.6 is 0 Å². The van der Waals surface area contributed by atoms with Gasteiger partial charge in [0.1, 0.15) is 18.0 Å². The topological polar surface area (TPSA) is 117 Å². The lowest BCUT2D eigenvalue weighted by molar-refractivity contribution is -0.189. The molecule has 2 atom stereocenters. The van der Waals surface area contributed by atoms with E-state index in [1.54, 1.807) is 55.1 Å². The van der Waals surface area contributed by atoms with E-state index in [1.807, 2.05) is 61.6 Å². The fourth-order valence-corrected chi connectivity index (χ4v) is 7.64. The van der Waals surface area contributed by atoms with Crippen molar-refractivity contribution < 1.29 is 24.3 Å². The normalized spacial score (nSPS) is 19.8. The number of fused-ring (bicyclic) bond motifs is 1. The summed E-state index contributed by atoms with van der Waals surface area (Å²) in [5.41, 5.74) is 3.03. The molecule has 0 bridgehead atoms. The first-order valence-corrected chi connectivity index (χ1v) is 17.9. The molecule has 2 N–H and O–H groups in total. The average molecular weight is 693 g/mol. The summed E-state index contributed by atoms with van der Waals surface area (Å²) < 4.78 is 0. The van der Waals surface area contributed by atoms with Gasteiger partial charge in [0.25, 0.3) is 5.91 Å². The minimum absolute atomic E-state index is 0.0528. The van der Waals surface area contributed by atoms with Gasteiger partial charge >= 0.3 is 6.03 Å². The van der Waals surface area contributed by atoms with E-state index < -0.39 is 18.2 Å². The third-order valence-electron chi connectivity index (χ3n) is 10.2. The van der Waals surface area contributed by atoms with Crippen LogP contribution in [0.15, 0.2) is 91.5 Å². The van der Waals surface area contributed by atoms with E-state index in [4.69, 9.17) is 0 Å². The summed E-state index contributed by atoms with van der Waals surface area (Å²) in [5.74, 6) is 0.0485.